The van der Waals surface area contributed by atoms with Crippen molar-refractivity contribution in [2.75, 3.05) is 45.9 Å². The summed E-state index contributed by atoms with van der Waals surface area (Å²) in [7, 11) is 0. The van der Waals surface area contributed by atoms with Crippen molar-refractivity contribution in [3.8, 4) is 11.5 Å². The summed E-state index contributed by atoms with van der Waals surface area (Å²) in [5.41, 5.74) is 0. The number of unbranched alkanes of at least 4 members (excludes halogenated alkanes) is 1. The van der Waals surface area contributed by atoms with E-state index in [-0.39, 0.29) is 25.0 Å². The number of fused-ring (bicyclic) bond motifs is 1. The Balaban J connectivity index is 1.39. The molecule has 2 aliphatic heterocycles. The number of para-hydroxylation sites is 2. The number of amides is 4. The Kier molecular flexibility index (Phi) is 7.29. The number of piperazine rings is 1. The van der Waals surface area contributed by atoms with Gasteiger partial charge in [-0.3, -0.25) is 19.8 Å². The van der Waals surface area contributed by atoms with Crippen LogP contribution in [-0.2, 0) is 9.59 Å². The topological polar surface area (TPSA) is 100 Å². The Bertz CT molecular complexity index is 733. The van der Waals surface area contributed by atoms with Gasteiger partial charge in [-0.05, 0) is 18.6 Å². The number of benzene rings is 1. The summed E-state index contributed by atoms with van der Waals surface area (Å²) in [5.74, 6) is 0.758. The van der Waals surface area contributed by atoms with Crippen LogP contribution < -0.4 is 20.1 Å². The summed E-state index contributed by atoms with van der Waals surface area (Å²) in [6.07, 6.45) is 1.19. The molecule has 1 saturated heterocycles. The quantitative estimate of drug-likeness (QED) is 0.674. The van der Waals surface area contributed by atoms with Crippen LogP contribution in [-0.4, -0.2) is 79.6 Å². The Morgan fingerprint density at radius 2 is 1.83 bits per heavy atom. The Hall–Kier alpha value is -2.81. The van der Waals surface area contributed by atoms with E-state index >= 15 is 0 Å². The summed E-state index contributed by atoms with van der Waals surface area (Å²) in [6, 6.07) is 6.82. The van der Waals surface area contributed by atoms with E-state index in [2.05, 4.69) is 10.6 Å². The molecule has 9 heteroatoms. The molecule has 2 N–H and O–H groups in total. The highest BCUT2D eigenvalue weighted by Crippen LogP contribution is 2.31. The summed E-state index contributed by atoms with van der Waals surface area (Å²) >= 11 is 0. The van der Waals surface area contributed by atoms with Gasteiger partial charge in [0.2, 0.25) is 12.0 Å². The first-order valence-corrected chi connectivity index (χ1v) is 10.0. The molecule has 4 amide bonds. The van der Waals surface area contributed by atoms with Gasteiger partial charge in [0.15, 0.2) is 11.5 Å². The number of imide groups is 1. The summed E-state index contributed by atoms with van der Waals surface area (Å²) in [6.45, 7) is 4.99. The van der Waals surface area contributed by atoms with Crippen LogP contribution in [0.15, 0.2) is 24.3 Å². The molecule has 1 atom stereocenters. The minimum Gasteiger partial charge on any atom is -0.485 e. The SMILES string of the molecule is CCCCNC(=O)NC(=O)CN1CCN(C(=O)[C@@H]2COc3ccccc3O2)CC1. The maximum atomic E-state index is 12.7. The van der Waals surface area contributed by atoms with Crippen LogP contribution in [0.2, 0.25) is 0 Å². The third-order valence-electron chi connectivity index (χ3n) is 4.90. The van der Waals surface area contributed by atoms with Gasteiger partial charge in [0.25, 0.3) is 5.91 Å². The Labute approximate surface area is 170 Å². The monoisotopic (exact) mass is 404 g/mol. The minimum absolute atomic E-state index is 0.112. The zero-order chi connectivity index (χ0) is 20.6. The average Bonchev–Trinajstić information content (AvgIpc) is 2.73. The van der Waals surface area contributed by atoms with Gasteiger partial charge >= 0.3 is 6.03 Å². The fourth-order valence-corrected chi connectivity index (χ4v) is 3.26. The zero-order valence-corrected chi connectivity index (χ0v) is 16.7. The number of rotatable bonds is 6. The molecule has 0 saturated carbocycles. The van der Waals surface area contributed by atoms with Gasteiger partial charge in [-0.25, -0.2) is 4.79 Å². The third-order valence-corrected chi connectivity index (χ3v) is 4.90. The molecule has 1 aromatic carbocycles. The normalized spacial score (nSPS) is 18.8. The highest BCUT2D eigenvalue weighted by Gasteiger charge is 2.32. The second-order valence-corrected chi connectivity index (χ2v) is 7.12. The molecule has 2 heterocycles. The molecule has 158 valence electrons. The Morgan fingerprint density at radius 3 is 2.55 bits per heavy atom. The number of urea groups is 1. The van der Waals surface area contributed by atoms with Crippen LogP contribution in [0.3, 0.4) is 0 Å². The van der Waals surface area contributed by atoms with Gasteiger partial charge in [0, 0.05) is 32.7 Å². The minimum atomic E-state index is -0.661. The lowest BCUT2D eigenvalue weighted by atomic mass is 10.2. The van der Waals surface area contributed by atoms with E-state index in [0.717, 1.165) is 12.8 Å². The number of hydrogen-bond donors (Lipinski definition) is 2. The number of nitrogens with one attached hydrogen (secondary N) is 2. The van der Waals surface area contributed by atoms with Crippen molar-refractivity contribution < 1.29 is 23.9 Å². The van der Waals surface area contributed by atoms with Crippen LogP contribution in [0.4, 0.5) is 4.79 Å². The fraction of sp³-hybridized carbons (Fsp3) is 0.550. The molecule has 0 unspecified atom stereocenters. The van der Waals surface area contributed by atoms with Crippen LogP contribution in [0, 0.1) is 0 Å². The second-order valence-electron chi connectivity index (χ2n) is 7.12. The third kappa shape index (κ3) is 5.83. The molecule has 0 bridgehead atoms. The molecule has 0 aliphatic carbocycles. The smallest absolute Gasteiger partial charge is 0.321 e. The van der Waals surface area contributed by atoms with Crippen molar-refractivity contribution in [3.63, 3.8) is 0 Å². The van der Waals surface area contributed by atoms with E-state index in [0.29, 0.717) is 44.2 Å². The van der Waals surface area contributed by atoms with Gasteiger partial charge < -0.3 is 19.7 Å². The lowest BCUT2D eigenvalue weighted by Crippen LogP contribution is -2.55. The van der Waals surface area contributed by atoms with Crippen molar-refractivity contribution in [2.24, 2.45) is 0 Å². The van der Waals surface area contributed by atoms with Crippen LogP contribution in [0.1, 0.15) is 19.8 Å². The van der Waals surface area contributed by atoms with E-state index in [1.54, 1.807) is 11.0 Å². The van der Waals surface area contributed by atoms with Crippen molar-refractivity contribution in [2.45, 2.75) is 25.9 Å². The molecule has 3 rings (SSSR count). The summed E-state index contributed by atoms with van der Waals surface area (Å²) in [5, 5.41) is 4.98. The average molecular weight is 404 g/mol. The van der Waals surface area contributed by atoms with Crippen molar-refractivity contribution >= 4 is 17.8 Å². The van der Waals surface area contributed by atoms with Crippen LogP contribution >= 0.6 is 0 Å². The molecule has 1 fully saturated rings. The molecular weight excluding hydrogens is 376 g/mol. The number of carbonyl (C=O) groups is 3. The lowest BCUT2D eigenvalue weighted by molar-refractivity contribution is -0.143. The largest absolute Gasteiger partial charge is 0.485 e. The van der Waals surface area contributed by atoms with E-state index in [4.69, 9.17) is 9.47 Å². The molecule has 29 heavy (non-hydrogen) atoms. The maximum Gasteiger partial charge on any atom is 0.321 e. The van der Waals surface area contributed by atoms with Gasteiger partial charge in [0.05, 0.1) is 6.54 Å². The van der Waals surface area contributed by atoms with Gasteiger partial charge in [0.1, 0.15) is 6.61 Å². The first kappa shape index (κ1) is 20.9. The second kappa shape index (κ2) is 10.1. The van der Waals surface area contributed by atoms with E-state index in [9.17, 15) is 14.4 Å². The van der Waals surface area contributed by atoms with Crippen LogP contribution in [0.5, 0.6) is 11.5 Å². The summed E-state index contributed by atoms with van der Waals surface area (Å²) < 4.78 is 11.4. The molecule has 2 aliphatic rings. The first-order chi connectivity index (χ1) is 14.1. The molecule has 9 nitrogen and oxygen atoms in total. The van der Waals surface area contributed by atoms with Crippen molar-refractivity contribution in [3.05, 3.63) is 24.3 Å². The van der Waals surface area contributed by atoms with Crippen molar-refractivity contribution in [1.82, 2.24) is 20.4 Å². The lowest BCUT2D eigenvalue weighted by Gasteiger charge is -2.36. The van der Waals surface area contributed by atoms with Crippen molar-refractivity contribution in [1.29, 1.82) is 0 Å². The number of carbonyl (C=O) groups excluding carboxylic acids is 3. The van der Waals surface area contributed by atoms with E-state index < -0.39 is 12.1 Å². The predicted molar refractivity (Wildman–Crippen MR) is 106 cm³/mol. The predicted octanol–water partition coefficient (Wildman–Crippen LogP) is 0.597. The molecule has 0 radical (unpaired) electrons. The maximum absolute atomic E-state index is 12.7. The van der Waals surface area contributed by atoms with Gasteiger partial charge in [-0.1, -0.05) is 25.5 Å². The number of nitrogens with zero attached hydrogens (tertiary/aromatic N) is 2. The summed E-state index contributed by atoms with van der Waals surface area (Å²) in [4.78, 5) is 40.0. The van der Waals surface area contributed by atoms with Gasteiger partial charge in [-0.15, -0.1) is 0 Å². The first-order valence-electron chi connectivity index (χ1n) is 10.0. The molecule has 0 spiro atoms. The van der Waals surface area contributed by atoms with Crippen LogP contribution in [0.25, 0.3) is 0 Å². The van der Waals surface area contributed by atoms with E-state index in [1.165, 1.54) is 0 Å². The Morgan fingerprint density at radius 1 is 1.10 bits per heavy atom. The highest BCUT2D eigenvalue weighted by molar-refractivity contribution is 5.95. The standard InChI is InChI=1S/C20H28N4O5/c1-2-3-8-21-20(27)22-18(25)13-23-9-11-24(12-10-23)19(26)17-14-28-15-6-4-5-7-16(15)29-17/h4-7,17H,2-3,8-14H2,1H3,(H2,21,22,25,27)/t17-/m0/s1. The highest BCUT2D eigenvalue weighted by atomic mass is 16.6. The fourth-order valence-electron chi connectivity index (χ4n) is 3.26. The number of hydrogen-bond acceptors (Lipinski definition) is 6. The van der Waals surface area contributed by atoms with Gasteiger partial charge in [-0.2, -0.15) is 0 Å². The molecule has 1 aromatic rings. The zero-order valence-electron chi connectivity index (χ0n) is 16.7. The number of ether oxygens (including phenoxy) is 2. The molecular formula is C20H28N4O5. The van der Waals surface area contributed by atoms with E-state index in [1.807, 2.05) is 30.0 Å². The molecule has 0 aromatic heterocycles.